The second kappa shape index (κ2) is 8.91. The summed E-state index contributed by atoms with van der Waals surface area (Å²) in [5.74, 6) is 0.0820. The van der Waals surface area contributed by atoms with Gasteiger partial charge in [0.05, 0.1) is 18.5 Å². The van der Waals surface area contributed by atoms with E-state index in [0.717, 1.165) is 11.3 Å². The summed E-state index contributed by atoms with van der Waals surface area (Å²) >= 11 is 1.25. The summed E-state index contributed by atoms with van der Waals surface area (Å²) in [5.41, 5.74) is 1.55. The first-order chi connectivity index (χ1) is 13.2. The van der Waals surface area contributed by atoms with Gasteiger partial charge < -0.3 is 15.4 Å². The molecule has 2 heterocycles. The maximum Gasteiger partial charge on any atom is 0.275 e. The van der Waals surface area contributed by atoms with Crippen molar-refractivity contribution in [3.63, 3.8) is 0 Å². The molecule has 2 aromatic heterocycles. The molecule has 0 fully saturated rings. The summed E-state index contributed by atoms with van der Waals surface area (Å²) in [4.78, 5) is 33.0. The first-order valence-electron chi connectivity index (χ1n) is 8.32. The zero-order chi connectivity index (χ0) is 19.1. The number of carbonyl (C=O) groups excluding carboxylic acids is 2. The van der Waals surface area contributed by atoms with E-state index in [1.807, 2.05) is 31.2 Å². The maximum absolute atomic E-state index is 12.5. The van der Waals surface area contributed by atoms with E-state index in [1.165, 1.54) is 29.9 Å². The van der Waals surface area contributed by atoms with Crippen LogP contribution in [0.4, 0.5) is 5.69 Å². The lowest BCUT2D eigenvalue weighted by atomic mass is 10.2. The third kappa shape index (κ3) is 4.89. The van der Waals surface area contributed by atoms with Crippen molar-refractivity contribution in [1.82, 2.24) is 15.3 Å². The van der Waals surface area contributed by atoms with E-state index in [0.29, 0.717) is 23.7 Å². The number of carbonyl (C=O) groups is 2. The molecule has 0 saturated heterocycles. The fraction of sp³-hybridized carbons (Fsp3) is 0.158. The van der Waals surface area contributed by atoms with Crippen molar-refractivity contribution in [2.75, 3.05) is 11.9 Å². The van der Waals surface area contributed by atoms with Gasteiger partial charge in [0.1, 0.15) is 16.3 Å². The predicted molar refractivity (Wildman–Crippen MR) is 103 cm³/mol. The van der Waals surface area contributed by atoms with Gasteiger partial charge in [0, 0.05) is 18.9 Å². The van der Waals surface area contributed by atoms with Crippen LogP contribution in [0.3, 0.4) is 0 Å². The second-order valence-electron chi connectivity index (χ2n) is 5.47. The highest BCUT2D eigenvalue weighted by atomic mass is 32.1. The molecule has 0 bridgehead atoms. The maximum atomic E-state index is 12.5. The molecule has 138 valence electrons. The van der Waals surface area contributed by atoms with Crippen LogP contribution in [0.2, 0.25) is 0 Å². The number of hydrogen-bond donors (Lipinski definition) is 2. The topological polar surface area (TPSA) is 93.2 Å². The Morgan fingerprint density at radius 2 is 2.07 bits per heavy atom. The van der Waals surface area contributed by atoms with E-state index in [4.69, 9.17) is 4.74 Å². The van der Waals surface area contributed by atoms with Crippen LogP contribution in [0, 0.1) is 0 Å². The van der Waals surface area contributed by atoms with Crippen LogP contribution < -0.4 is 15.4 Å². The molecular weight excluding hydrogens is 364 g/mol. The fourth-order valence-electron chi connectivity index (χ4n) is 2.36. The number of benzene rings is 1. The Morgan fingerprint density at radius 3 is 2.85 bits per heavy atom. The average molecular weight is 382 g/mol. The molecule has 8 heteroatoms. The molecule has 2 N–H and O–H groups in total. The van der Waals surface area contributed by atoms with Crippen LogP contribution in [0.15, 0.2) is 54.3 Å². The smallest absolute Gasteiger partial charge is 0.275 e. The number of nitrogens with zero attached hydrogens (tertiary/aromatic N) is 2. The molecule has 0 aliphatic carbocycles. The second-order valence-corrected chi connectivity index (χ2v) is 6.39. The number of amides is 2. The van der Waals surface area contributed by atoms with Gasteiger partial charge in [-0.2, -0.15) is 0 Å². The standard InChI is InChI=1S/C19H18N4O3S/c1-2-26-14-5-3-4-13(10-14)11-22-19(25)17-15(6-9-27-17)23-18(24)16-12-20-7-8-21-16/h3-10,12H,2,11H2,1H3,(H,22,25)(H,23,24). The Morgan fingerprint density at radius 1 is 1.19 bits per heavy atom. The summed E-state index contributed by atoms with van der Waals surface area (Å²) < 4.78 is 5.46. The van der Waals surface area contributed by atoms with Crippen LogP contribution >= 0.6 is 11.3 Å². The van der Waals surface area contributed by atoms with E-state index in [-0.39, 0.29) is 11.6 Å². The Labute approximate surface area is 160 Å². The van der Waals surface area contributed by atoms with E-state index in [2.05, 4.69) is 20.6 Å². The van der Waals surface area contributed by atoms with Crippen molar-refractivity contribution >= 4 is 28.8 Å². The van der Waals surface area contributed by atoms with Crippen molar-refractivity contribution < 1.29 is 14.3 Å². The van der Waals surface area contributed by atoms with Crippen LogP contribution in [0.5, 0.6) is 5.75 Å². The lowest BCUT2D eigenvalue weighted by molar-refractivity contribution is 0.0955. The van der Waals surface area contributed by atoms with Crippen molar-refractivity contribution in [3.8, 4) is 5.75 Å². The summed E-state index contributed by atoms with van der Waals surface area (Å²) in [7, 11) is 0. The van der Waals surface area contributed by atoms with Crippen LogP contribution in [0.1, 0.15) is 32.6 Å². The highest BCUT2D eigenvalue weighted by molar-refractivity contribution is 7.12. The van der Waals surface area contributed by atoms with Gasteiger partial charge in [0.2, 0.25) is 0 Å². The molecule has 0 radical (unpaired) electrons. The Kier molecular flexibility index (Phi) is 6.11. The number of ether oxygens (including phenoxy) is 1. The van der Waals surface area contributed by atoms with Gasteiger partial charge in [-0.15, -0.1) is 11.3 Å². The fourth-order valence-corrected chi connectivity index (χ4v) is 3.13. The van der Waals surface area contributed by atoms with Gasteiger partial charge in [0.25, 0.3) is 11.8 Å². The third-order valence-electron chi connectivity index (χ3n) is 3.58. The Bertz CT molecular complexity index is 927. The predicted octanol–water partition coefficient (Wildman–Crippen LogP) is 3.12. The number of thiophene rings is 1. The van der Waals surface area contributed by atoms with Gasteiger partial charge in [-0.25, -0.2) is 4.98 Å². The first-order valence-corrected chi connectivity index (χ1v) is 9.20. The van der Waals surface area contributed by atoms with Gasteiger partial charge >= 0.3 is 0 Å². The van der Waals surface area contributed by atoms with E-state index in [1.54, 1.807) is 11.4 Å². The van der Waals surface area contributed by atoms with Crippen molar-refractivity contribution in [3.05, 3.63) is 70.4 Å². The molecule has 3 aromatic rings. The van der Waals surface area contributed by atoms with Gasteiger partial charge in [-0.05, 0) is 36.1 Å². The lowest BCUT2D eigenvalue weighted by Gasteiger charge is -2.09. The quantitative estimate of drug-likeness (QED) is 0.655. The third-order valence-corrected chi connectivity index (χ3v) is 4.49. The summed E-state index contributed by atoms with van der Waals surface area (Å²) in [5, 5.41) is 7.31. The minimum Gasteiger partial charge on any atom is -0.494 e. The molecular formula is C19H18N4O3S. The molecule has 2 amide bonds. The van der Waals surface area contributed by atoms with Crippen molar-refractivity contribution in [1.29, 1.82) is 0 Å². The van der Waals surface area contributed by atoms with Crippen molar-refractivity contribution in [2.45, 2.75) is 13.5 Å². The molecule has 0 aliphatic heterocycles. The highest BCUT2D eigenvalue weighted by Gasteiger charge is 2.16. The van der Waals surface area contributed by atoms with E-state index in [9.17, 15) is 9.59 Å². The van der Waals surface area contributed by atoms with Gasteiger partial charge in [-0.1, -0.05) is 12.1 Å². The number of rotatable bonds is 7. The molecule has 0 aliphatic rings. The zero-order valence-corrected chi connectivity index (χ0v) is 15.5. The lowest BCUT2D eigenvalue weighted by Crippen LogP contribution is -2.23. The number of anilines is 1. The van der Waals surface area contributed by atoms with Crippen LogP contribution in [0.25, 0.3) is 0 Å². The zero-order valence-electron chi connectivity index (χ0n) is 14.6. The SMILES string of the molecule is CCOc1cccc(CNC(=O)c2sccc2NC(=O)c2cnccn2)c1. The number of nitrogens with one attached hydrogen (secondary N) is 2. The normalized spacial score (nSPS) is 10.3. The van der Waals surface area contributed by atoms with Crippen molar-refractivity contribution in [2.24, 2.45) is 0 Å². The number of aromatic nitrogens is 2. The first kappa shape index (κ1) is 18.5. The molecule has 1 aromatic carbocycles. The number of hydrogen-bond acceptors (Lipinski definition) is 6. The molecule has 0 spiro atoms. The van der Waals surface area contributed by atoms with Crippen LogP contribution in [-0.4, -0.2) is 28.4 Å². The molecule has 27 heavy (non-hydrogen) atoms. The minimum absolute atomic E-state index is 0.183. The molecule has 0 saturated carbocycles. The van der Waals surface area contributed by atoms with Gasteiger partial charge in [-0.3, -0.25) is 14.6 Å². The monoisotopic (exact) mass is 382 g/mol. The summed E-state index contributed by atoms with van der Waals surface area (Å²) in [6.07, 6.45) is 4.29. The van der Waals surface area contributed by atoms with E-state index < -0.39 is 5.91 Å². The van der Waals surface area contributed by atoms with Gasteiger partial charge in [0.15, 0.2) is 0 Å². The largest absolute Gasteiger partial charge is 0.494 e. The minimum atomic E-state index is -0.417. The summed E-state index contributed by atoms with van der Waals surface area (Å²) in [6.45, 7) is 2.86. The molecule has 0 unspecified atom stereocenters. The summed E-state index contributed by atoms with van der Waals surface area (Å²) in [6, 6.07) is 9.23. The Hall–Kier alpha value is -3.26. The van der Waals surface area contributed by atoms with E-state index >= 15 is 0 Å². The Balaban J connectivity index is 1.64. The average Bonchev–Trinajstić information content (AvgIpc) is 3.15. The molecule has 7 nitrogen and oxygen atoms in total. The molecule has 0 atom stereocenters. The van der Waals surface area contributed by atoms with Crippen LogP contribution in [-0.2, 0) is 6.54 Å². The molecule has 3 rings (SSSR count). The highest BCUT2D eigenvalue weighted by Crippen LogP contribution is 2.23.